The number of amides is 1. The fraction of sp³-hybridized carbons (Fsp3) is 0.562. The minimum absolute atomic E-state index is 0.0444. The molecular weight excluding hydrogens is 558 g/mol. The van der Waals surface area contributed by atoms with Crippen molar-refractivity contribution in [1.29, 1.82) is 0 Å². The first-order valence-corrected chi connectivity index (χ1v) is 14.2. The minimum atomic E-state index is -1.24. The molecule has 43 heavy (non-hydrogen) atoms. The van der Waals surface area contributed by atoms with E-state index < -0.39 is 54.6 Å². The first-order valence-electron chi connectivity index (χ1n) is 14.2. The molecule has 1 amide bonds. The van der Waals surface area contributed by atoms with Gasteiger partial charge in [0.05, 0.1) is 12.7 Å². The molecule has 0 spiro atoms. The number of aryl methyl sites for hydroxylation is 2. The summed E-state index contributed by atoms with van der Waals surface area (Å²) in [5, 5.41) is 22.8. The molecule has 0 fully saturated rings. The van der Waals surface area contributed by atoms with E-state index in [0.29, 0.717) is 0 Å². The summed E-state index contributed by atoms with van der Waals surface area (Å²) in [6.45, 7) is 10.4. The second kappa shape index (κ2) is 17.3. The van der Waals surface area contributed by atoms with Crippen molar-refractivity contribution in [2.45, 2.75) is 90.5 Å². The fourth-order valence-electron chi connectivity index (χ4n) is 4.12. The number of methoxy groups -OCH3 is 2. The van der Waals surface area contributed by atoms with Gasteiger partial charge in [-0.2, -0.15) is 0 Å². The highest BCUT2D eigenvalue weighted by Crippen LogP contribution is 2.28. The molecule has 0 aliphatic heterocycles. The van der Waals surface area contributed by atoms with Crippen molar-refractivity contribution in [3.05, 3.63) is 70.8 Å². The van der Waals surface area contributed by atoms with Crippen molar-refractivity contribution in [3.8, 4) is 0 Å². The molecule has 2 rings (SSSR count). The fourth-order valence-corrected chi connectivity index (χ4v) is 4.12. The van der Waals surface area contributed by atoms with E-state index in [0.717, 1.165) is 22.3 Å². The highest BCUT2D eigenvalue weighted by Gasteiger charge is 2.34. The highest BCUT2D eigenvalue weighted by molar-refractivity contribution is 5.79. The van der Waals surface area contributed by atoms with Gasteiger partial charge in [-0.3, -0.25) is 0 Å². The quantitative estimate of drug-likeness (QED) is 0.170. The first-order chi connectivity index (χ1) is 20.2. The van der Waals surface area contributed by atoms with Gasteiger partial charge >= 0.3 is 12.1 Å². The zero-order valence-electron chi connectivity index (χ0n) is 26.4. The Balaban J connectivity index is 2.22. The van der Waals surface area contributed by atoms with E-state index >= 15 is 0 Å². The number of nitrogens with one attached hydrogen (secondary N) is 1. The normalized spacial score (nSPS) is 16.0. The molecular formula is C32H47NO10. The summed E-state index contributed by atoms with van der Waals surface area (Å²) in [5.41, 5.74) is 2.85. The van der Waals surface area contributed by atoms with E-state index in [1.807, 2.05) is 62.4 Å². The molecule has 0 heterocycles. The van der Waals surface area contributed by atoms with Crippen LogP contribution < -0.4 is 5.32 Å². The largest absolute Gasteiger partial charge is 0.480 e. The molecule has 0 aliphatic carbocycles. The van der Waals surface area contributed by atoms with Crippen LogP contribution in [0.5, 0.6) is 0 Å². The molecule has 0 bridgehead atoms. The van der Waals surface area contributed by atoms with E-state index in [1.165, 1.54) is 14.2 Å². The number of aliphatic carboxylic acids is 1. The number of carboxylic acid groups (broad SMARTS) is 1. The Morgan fingerprint density at radius 3 is 1.77 bits per heavy atom. The van der Waals surface area contributed by atoms with Gasteiger partial charge in [0.15, 0.2) is 12.6 Å². The number of hydrogen-bond acceptors (Lipinski definition) is 9. The number of benzene rings is 2. The average molecular weight is 606 g/mol. The summed E-state index contributed by atoms with van der Waals surface area (Å²) in [7, 11) is 3.01. The lowest BCUT2D eigenvalue weighted by atomic mass is 10.1. The van der Waals surface area contributed by atoms with Gasteiger partial charge in [0.1, 0.15) is 23.9 Å². The van der Waals surface area contributed by atoms with Gasteiger partial charge in [0.2, 0.25) is 0 Å². The van der Waals surface area contributed by atoms with Crippen molar-refractivity contribution in [2.75, 3.05) is 27.4 Å². The number of alkyl carbamates (subject to hydrolysis) is 1. The lowest BCUT2D eigenvalue weighted by Crippen LogP contribution is -2.45. The molecule has 0 saturated heterocycles. The Bertz CT molecular complexity index is 1110. The van der Waals surface area contributed by atoms with E-state index in [2.05, 4.69) is 5.32 Å². The van der Waals surface area contributed by atoms with Gasteiger partial charge in [-0.1, -0.05) is 59.7 Å². The Hall–Kier alpha value is -3.06. The van der Waals surface area contributed by atoms with Gasteiger partial charge in [-0.05, 0) is 41.5 Å². The van der Waals surface area contributed by atoms with Crippen LogP contribution in [0.1, 0.15) is 68.9 Å². The van der Waals surface area contributed by atoms with Gasteiger partial charge in [-0.15, -0.1) is 0 Å². The Morgan fingerprint density at radius 2 is 1.35 bits per heavy atom. The van der Waals surface area contributed by atoms with Crippen LogP contribution in [0.3, 0.4) is 0 Å². The number of carboxylic acids is 1. The smallest absolute Gasteiger partial charge is 0.408 e. The lowest BCUT2D eigenvalue weighted by Gasteiger charge is -2.34. The molecule has 2 aromatic rings. The van der Waals surface area contributed by atoms with Gasteiger partial charge in [-0.25, -0.2) is 9.59 Å². The van der Waals surface area contributed by atoms with Crippen LogP contribution in [0.25, 0.3) is 0 Å². The Kier molecular flexibility index (Phi) is 14.5. The van der Waals surface area contributed by atoms with Crippen molar-refractivity contribution in [2.24, 2.45) is 0 Å². The van der Waals surface area contributed by atoms with E-state index in [1.54, 1.807) is 27.7 Å². The molecule has 0 radical (unpaired) electrons. The predicted octanol–water partition coefficient (Wildman–Crippen LogP) is 4.83. The second-order valence-electron chi connectivity index (χ2n) is 11.4. The minimum Gasteiger partial charge on any atom is -0.480 e. The van der Waals surface area contributed by atoms with Crippen LogP contribution in [0.15, 0.2) is 48.5 Å². The summed E-state index contributed by atoms with van der Waals surface area (Å²) < 4.78 is 34.9. The maximum atomic E-state index is 12.1. The van der Waals surface area contributed by atoms with Gasteiger partial charge in [0, 0.05) is 38.4 Å². The molecule has 0 aromatic heterocycles. The van der Waals surface area contributed by atoms with Gasteiger partial charge in [0.25, 0.3) is 0 Å². The number of ether oxygens (including phenoxy) is 6. The lowest BCUT2D eigenvalue weighted by molar-refractivity contribution is -0.255. The van der Waals surface area contributed by atoms with E-state index in [9.17, 15) is 19.8 Å². The number of hydrogen-bond donors (Lipinski definition) is 3. The first kappa shape index (κ1) is 36.1. The molecule has 11 heteroatoms. The van der Waals surface area contributed by atoms with Crippen molar-refractivity contribution < 1.29 is 48.2 Å². The van der Waals surface area contributed by atoms with Crippen molar-refractivity contribution in [1.82, 2.24) is 5.32 Å². The van der Waals surface area contributed by atoms with Crippen LogP contribution >= 0.6 is 0 Å². The molecule has 240 valence electrons. The Labute approximate surface area is 254 Å². The van der Waals surface area contributed by atoms with Crippen LogP contribution in [0, 0.1) is 13.8 Å². The third kappa shape index (κ3) is 12.6. The number of aliphatic hydroxyl groups excluding tert-OH is 1. The van der Waals surface area contributed by atoms with Crippen LogP contribution in [0.2, 0.25) is 0 Å². The zero-order valence-corrected chi connectivity index (χ0v) is 26.4. The topological polar surface area (TPSA) is 142 Å². The number of aliphatic hydroxyl groups is 1. The third-order valence-electron chi connectivity index (χ3n) is 6.37. The molecule has 0 saturated carbocycles. The summed E-state index contributed by atoms with van der Waals surface area (Å²) in [6, 6.07) is 14.0. The average Bonchev–Trinajstić information content (AvgIpc) is 2.93. The zero-order chi connectivity index (χ0) is 32.2. The van der Waals surface area contributed by atoms with Crippen LogP contribution in [-0.2, 0) is 33.2 Å². The summed E-state index contributed by atoms with van der Waals surface area (Å²) in [6.07, 6.45) is -5.36. The van der Waals surface area contributed by atoms with Crippen molar-refractivity contribution >= 4 is 12.1 Å². The number of rotatable bonds is 17. The molecule has 3 N–H and O–H groups in total. The monoisotopic (exact) mass is 605 g/mol. The number of carbonyl (C=O) groups excluding carboxylic acids is 1. The highest BCUT2D eigenvalue weighted by atomic mass is 16.7. The summed E-state index contributed by atoms with van der Waals surface area (Å²) >= 11 is 0. The molecule has 11 nitrogen and oxygen atoms in total. The predicted molar refractivity (Wildman–Crippen MR) is 160 cm³/mol. The van der Waals surface area contributed by atoms with E-state index in [4.69, 9.17) is 28.4 Å². The van der Waals surface area contributed by atoms with Gasteiger partial charge < -0.3 is 44.0 Å². The van der Waals surface area contributed by atoms with E-state index in [-0.39, 0.29) is 19.6 Å². The SMILES string of the molecule is COC(O[C@@H]([C@H](C)O)[C@H](COCC[C@H](NC(=O)OC(C)(C)C)C(=O)O)OC(OC)c1ccc(C)cc1)c1ccc(C)cc1. The van der Waals surface area contributed by atoms with Crippen molar-refractivity contribution in [3.63, 3.8) is 0 Å². The Morgan fingerprint density at radius 1 is 0.860 bits per heavy atom. The second-order valence-corrected chi connectivity index (χ2v) is 11.4. The molecule has 2 unspecified atom stereocenters. The molecule has 6 atom stereocenters. The maximum Gasteiger partial charge on any atom is 0.408 e. The molecule has 2 aromatic carbocycles. The summed E-state index contributed by atoms with van der Waals surface area (Å²) in [5.74, 6) is -1.23. The standard InChI is InChI=1S/C32H47NO10/c1-20-9-13-23(14-10-20)29(38-7)41-26(19-40-18-17-25(28(35)36)33-31(37)43-32(4,5)6)27(22(3)34)42-30(39-8)24-15-11-21(2)12-16-24/h9-16,22,25-27,29-30,34H,17-19H2,1-8H3,(H,33,37)(H,35,36)/t22-,25-,26-,27-,29?,30?/m0/s1. The van der Waals surface area contributed by atoms with Crippen LogP contribution in [0.4, 0.5) is 4.79 Å². The molecule has 0 aliphatic rings. The maximum absolute atomic E-state index is 12.1. The van der Waals surface area contributed by atoms with Crippen LogP contribution in [-0.4, -0.2) is 79.7 Å². The number of carbonyl (C=O) groups is 2. The third-order valence-corrected chi connectivity index (χ3v) is 6.37. The summed E-state index contributed by atoms with van der Waals surface area (Å²) in [4.78, 5) is 23.9.